The molecule has 2 fully saturated rings. The fourth-order valence-corrected chi connectivity index (χ4v) is 3.35. The predicted octanol–water partition coefficient (Wildman–Crippen LogP) is 0.585. The first-order valence-electron chi connectivity index (χ1n) is 6.33. The molecule has 1 saturated carbocycles. The monoisotopic (exact) mass is 281 g/mol. The first-order chi connectivity index (χ1) is 9.18. The van der Waals surface area contributed by atoms with E-state index in [1.807, 2.05) is 0 Å². The smallest absolute Gasteiger partial charge is 0.327 e. The molecule has 2 aliphatic rings. The Morgan fingerprint density at radius 1 is 1.47 bits per heavy atom. The van der Waals surface area contributed by atoms with Crippen LogP contribution in [0.15, 0.2) is 17.2 Å². The molecule has 0 aromatic carbocycles. The van der Waals surface area contributed by atoms with Crippen LogP contribution in [0.25, 0.3) is 0 Å². The highest BCUT2D eigenvalue weighted by molar-refractivity contribution is 7.99. The third-order valence-corrected chi connectivity index (χ3v) is 4.50. The van der Waals surface area contributed by atoms with Gasteiger partial charge in [0.15, 0.2) is 5.82 Å². The highest BCUT2D eigenvalue weighted by Gasteiger charge is 2.33. The van der Waals surface area contributed by atoms with Crippen molar-refractivity contribution in [2.75, 3.05) is 23.0 Å². The number of aliphatic carboxylic acids is 1. The zero-order valence-corrected chi connectivity index (χ0v) is 11.2. The van der Waals surface area contributed by atoms with Crippen molar-refractivity contribution >= 4 is 23.5 Å². The van der Waals surface area contributed by atoms with Crippen molar-refractivity contribution < 1.29 is 9.90 Å². The number of anilines is 1. The molecule has 2 heterocycles. The molecule has 7 heteroatoms. The molecule has 102 valence electrons. The van der Waals surface area contributed by atoms with E-state index in [2.05, 4.69) is 4.98 Å². The van der Waals surface area contributed by atoms with Crippen LogP contribution in [0.4, 0.5) is 5.82 Å². The van der Waals surface area contributed by atoms with Crippen LogP contribution in [-0.4, -0.2) is 44.7 Å². The summed E-state index contributed by atoms with van der Waals surface area (Å²) in [5.41, 5.74) is -0.164. The Kier molecular flexibility index (Phi) is 3.22. The van der Waals surface area contributed by atoms with E-state index in [-0.39, 0.29) is 17.4 Å². The van der Waals surface area contributed by atoms with Crippen LogP contribution in [-0.2, 0) is 4.79 Å². The molecular formula is C12H15N3O3S. The normalized spacial score (nSPS) is 23.4. The first-order valence-corrected chi connectivity index (χ1v) is 7.48. The van der Waals surface area contributed by atoms with Gasteiger partial charge in [0.05, 0.1) is 0 Å². The third kappa shape index (κ3) is 2.34. The van der Waals surface area contributed by atoms with Crippen molar-refractivity contribution in [2.24, 2.45) is 0 Å². The van der Waals surface area contributed by atoms with E-state index >= 15 is 0 Å². The largest absolute Gasteiger partial charge is 0.480 e. The third-order valence-electron chi connectivity index (χ3n) is 3.48. The fourth-order valence-electron chi connectivity index (χ4n) is 2.31. The lowest BCUT2D eigenvalue weighted by atomic mass is 10.2. The Balaban J connectivity index is 1.98. The van der Waals surface area contributed by atoms with Crippen LogP contribution in [0, 0.1) is 0 Å². The van der Waals surface area contributed by atoms with Crippen LogP contribution < -0.4 is 10.5 Å². The Labute approximate surface area is 114 Å². The standard InChI is InChI=1S/C12H15N3O3S/c16-11-10(13-3-4-14(11)8-1-2-8)15-5-6-19-7-9(15)12(17)18/h3-4,8-9H,1-2,5-7H2,(H,17,18). The Morgan fingerprint density at radius 3 is 2.95 bits per heavy atom. The van der Waals surface area contributed by atoms with E-state index < -0.39 is 12.0 Å². The number of nitrogens with zero attached hydrogens (tertiary/aromatic N) is 3. The fraction of sp³-hybridized carbons (Fsp3) is 0.583. The molecule has 6 nitrogen and oxygen atoms in total. The van der Waals surface area contributed by atoms with E-state index in [1.165, 1.54) is 0 Å². The zero-order chi connectivity index (χ0) is 13.4. The Morgan fingerprint density at radius 2 is 2.26 bits per heavy atom. The average Bonchev–Trinajstić information content (AvgIpc) is 3.23. The number of carbonyl (C=O) groups is 1. The van der Waals surface area contributed by atoms with E-state index in [1.54, 1.807) is 33.6 Å². The molecule has 1 N–H and O–H groups in total. The van der Waals surface area contributed by atoms with Gasteiger partial charge in [-0.1, -0.05) is 0 Å². The van der Waals surface area contributed by atoms with Crippen molar-refractivity contribution in [3.63, 3.8) is 0 Å². The van der Waals surface area contributed by atoms with Gasteiger partial charge < -0.3 is 14.6 Å². The topological polar surface area (TPSA) is 75.4 Å². The summed E-state index contributed by atoms with van der Waals surface area (Å²) < 4.78 is 1.68. The highest BCUT2D eigenvalue weighted by atomic mass is 32.2. The Bertz CT molecular complexity index is 555. The van der Waals surface area contributed by atoms with Crippen LogP contribution in [0.3, 0.4) is 0 Å². The summed E-state index contributed by atoms with van der Waals surface area (Å²) in [5, 5.41) is 9.26. The molecule has 1 aromatic rings. The van der Waals surface area contributed by atoms with Gasteiger partial charge in [0, 0.05) is 36.5 Å². The summed E-state index contributed by atoms with van der Waals surface area (Å²) in [7, 11) is 0. The number of rotatable bonds is 3. The lowest BCUT2D eigenvalue weighted by Gasteiger charge is -2.33. The molecule has 0 bridgehead atoms. The maximum Gasteiger partial charge on any atom is 0.327 e. The van der Waals surface area contributed by atoms with Gasteiger partial charge >= 0.3 is 5.97 Å². The Hall–Kier alpha value is -1.50. The van der Waals surface area contributed by atoms with Crippen molar-refractivity contribution in [1.82, 2.24) is 9.55 Å². The van der Waals surface area contributed by atoms with Crippen LogP contribution in [0.1, 0.15) is 18.9 Å². The number of carboxylic acids is 1. The molecule has 1 atom stereocenters. The molecule has 1 aliphatic heterocycles. The van der Waals surface area contributed by atoms with Gasteiger partial charge in [-0.3, -0.25) is 4.79 Å². The lowest BCUT2D eigenvalue weighted by Crippen LogP contribution is -2.50. The van der Waals surface area contributed by atoms with Crippen LogP contribution in [0.5, 0.6) is 0 Å². The summed E-state index contributed by atoms with van der Waals surface area (Å²) in [6, 6.07) is -0.384. The number of hydrogen-bond donors (Lipinski definition) is 1. The number of hydrogen-bond acceptors (Lipinski definition) is 5. The van der Waals surface area contributed by atoms with Gasteiger partial charge in [0.25, 0.3) is 5.56 Å². The maximum atomic E-state index is 12.4. The maximum absolute atomic E-state index is 12.4. The molecule has 1 aromatic heterocycles. The molecule has 0 radical (unpaired) electrons. The van der Waals surface area contributed by atoms with Crippen LogP contribution in [0.2, 0.25) is 0 Å². The van der Waals surface area contributed by atoms with Gasteiger partial charge in [-0.15, -0.1) is 0 Å². The quantitative estimate of drug-likeness (QED) is 0.873. The predicted molar refractivity (Wildman–Crippen MR) is 72.9 cm³/mol. The SMILES string of the molecule is O=C(O)C1CSCCN1c1nccn(C2CC2)c1=O. The molecule has 19 heavy (non-hydrogen) atoms. The van der Waals surface area contributed by atoms with Crippen molar-refractivity contribution in [3.8, 4) is 0 Å². The summed E-state index contributed by atoms with van der Waals surface area (Å²) in [4.78, 5) is 29.4. The highest BCUT2D eigenvalue weighted by Crippen LogP contribution is 2.33. The molecular weight excluding hydrogens is 266 g/mol. The summed E-state index contributed by atoms with van der Waals surface area (Å²) in [6.07, 6.45) is 5.32. The average molecular weight is 281 g/mol. The van der Waals surface area contributed by atoms with E-state index in [9.17, 15) is 14.7 Å². The molecule has 3 rings (SSSR count). The second kappa shape index (κ2) is 4.88. The minimum absolute atomic E-state index is 0.164. The van der Waals surface area contributed by atoms with Crippen LogP contribution >= 0.6 is 11.8 Å². The van der Waals surface area contributed by atoms with Crippen molar-refractivity contribution in [2.45, 2.75) is 24.9 Å². The minimum atomic E-state index is -0.893. The minimum Gasteiger partial charge on any atom is -0.480 e. The summed E-state index contributed by atoms with van der Waals surface area (Å²) >= 11 is 1.60. The second-order valence-electron chi connectivity index (χ2n) is 4.82. The van der Waals surface area contributed by atoms with E-state index in [0.29, 0.717) is 12.3 Å². The van der Waals surface area contributed by atoms with Crippen molar-refractivity contribution in [3.05, 3.63) is 22.7 Å². The molecule has 1 unspecified atom stereocenters. The molecule has 0 amide bonds. The van der Waals surface area contributed by atoms with E-state index in [4.69, 9.17) is 0 Å². The van der Waals surface area contributed by atoms with Gasteiger partial charge in [0.1, 0.15) is 6.04 Å². The van der Waals surface area contributed by atoms with Crippen molar-refractivity contribution in [1.29, 1.82) is 0 Å². The first kappa shape index (κ1) is 12.5. The second-order valence-corrected chi connectivity index (χ2v) is 5.97. The summed E-state index contributed by atoms with van der Waals surface area (Å²) in [5.74, 6) is 0.704. The molecule has 1 saturated heterocycles. The summed E-state index contributed by atoms with van der Waals surface area (Å²) in [6.45, 7) is 0.554. The lowest BCUT2D eigenvalue weighted by molar-refractivity contribution is -0.138. The number of aromatic nitrogens is 2. The number of carboxylic acid groups (broad SMARTS) is 1. The van der Waals surface area contributed by atoms with Gasteiger partial charge in [0.2, 0.25) is 0 Å². The number of thioether (sulfide) groups is 1. The molecule has 0 spiro atoms. The van der Waals surface area contributed by atoms with Gasteiger partial charge in [-0.05, 0) is 12.8 Å². The molecule has 1 aliphatic carbocycles. The zero-order valence-electron chi connectivity index (χ0n) is 10.4. The van der Waals surface area contributed by atoms with Gasteiger partial charge in [-0.2, -0.15) is 11.8 Å². The van der Waals surface area contributed by atoms with E-state index in [0.717, 1.165) is 18.6 Å². The van der Waals surface area contributed by atoms with Gasteiger partial charge in [-0.25, -0.2) is 9.78 Å².